The summed E-state index contributed by atoms with van der Waals surface area (Å²) >= 11 is 0. The van der Waals surface area contributed by atoms with Gasteiger partial charge in [0, 0.05) is 5.57 Å². The van der Waals surface area contributed by atoms with Crippen molar-refractivity contribution < 1.29 is 0 Å². The normalized spacial score (nSPS) is 14.9. The Morgan fingerprint density at radius 3 is 1.60 bits per heavy atom. The summed E-state index contributed by atoms with van der Waals surface area (Å²) in [7, 11) is 0. The molecule has 0 aromatic heterocycles. The van der Waals surface area contributed by atoms with Gasteiger partial charge in [-0.15, -0.1) is 0 Å². The number of fused-ring (bicyclic) bond motifs is 2. The van der Waals surface area contributed by atoms with Gasteiger partial charge in [0.2, 0.25) is 5.70 Å². The van der Waals surface area contributed by atoms with E-state index in [0.29, 0.717) is 55.8 Å². The Morgan fingerprint density at radius 2 is 1.10 bits per heavy atom. The molecule has 0 radical (unpaired) electrons. The summed E-state index contributed by atoms with van der Waals surface area (Å²) in [5, 5.41) is 39.4. The van der Waals surface area contributed by atoms with Gasteiger partial charge < -0.3 is 0 Å². The third kappa shape index (κ3) is 3.78. The van der Waals surface area contributed by atoms with E-state index < -0.39 is 0 Å². The van der Waals surface area contributed by atoms with Crippen molar-refractivity contribution in [2.75, 3.05) is 0 Å². The van der Waals surface area contributed by atoms with Crippen LogP contribution < -0.4 is 0 Å². The Balaban J connectivity index is 1.90. The smallest absolute Gasteiger partial charge is 0.238 e. The molecule has 5 rings (SSSR count). The quantitative estimate of drug-likeness (QED) is 0.250. The van der Waals surface area contributed by atoms with Gasteiger partial charge >= 0.3 is 0 Å². The maximum Gasteiger partial charge on any atom is 0.270 e. The first-order chi connectivity index (χ1) is 20.5. The van der Waals surface area contributed by atoms with Crippen molar-refractivity contribution >= 4 is 39.2 Å². The monoisotopic (exact) mass is 530 g/mol. The van der Waals surface area contributed by atoms with Gasteiger partial charge in [-0.05, 0) is 68.3 Å². The molecule has 0 saturated carbocycles. The molecule has 0 unspecified atom stereocenters. The first-order valence-electron chi connectivity index (χ1n) is 12.0. The molecule has 0 heterocycles. The molecule has 2 aliphatic rings. The van der Waals surface area contributed by atoms with Crippen LogP contribution in [0.25, 0.3) is 52.9 Å². The summed E-state index contributed by atoms with van der Waals surface area (Å²) in [5.74, 6) is 0. The lowest BCUT2D eigenvalue weighted by molar-refractivity contribution is 1.47. The van der Waals surface area contributed by atoms with E-state index in [2.05, 4.69) is 25.4 Å². The second-order valence-electron chi connectivity index (χ2n) is 8.88. The van der Waals surface area contributed by atoms with E-state index in [1.165, 1.54) is 0 Å². The molecule has 3 aromatic carbocycles. The fourth-order valence-corrected chi connectivity index (χ4v) is 5.18. The number of hydrogen-bond donors (Lipinski definition) is 0. The molecule has 0 fully saturated rings. The molecule has 42 heavy (non-hydrogen) atoms. The van der Waals surface area contributed by atoms with Crippen molar-refractivity contribution in [2.45, 2.75) is 0 Å². The minimum atomic E-state index is -0.253. The van der Waals surface area contributed by atoms with E-state index >= 15 is 0 Å². The lowest BCUT2D eigenvalue weighted by atomic mass is 9.92. The fourth-order valence-electron chi connectivity index (χ4n) is 5.18. The number of nitrogens with zero attached hydrogens (tertiary/aromatic N) is 8. The Kier molecular flexibility index (Phi) is 6.45. The molecule has 0 saturated heterocycles. The van der Waals surface area contributed by atoms with Crippen molar-refractivity contribution in [3.05, 3.63) is 157 Å². The van der Waals surface area contributed by atoms with Gasteiger partial charge in [-0.3, -0.25) is 0 Å². The van der Waals surface area contributed by atoms with Crippen LogP contribution in [-0.4, -0.2) is 0 Å². The molecule has 2 aliphatic carbocycles. The Hall–Kier alpha value is -7.46. The highest BCUT2D eigenvalue weighted by atomic mass is 14.7. The van der Waals surface area contributed by atoms with Gasteiger partial charge in [0.25, 0.3) is 11.4 Å². The van der Waals surface area contributed by atoms with E-state index in [4.69, 9.17) is 26.3 Å². The van der Waals surface area contributed by atoms with Crippen molar-refractivity contribution in [2.24, 2.45) is 0 Å². The SMILES string of the molecule is [C-]#[N+]C1=C(c2ccc([N+]#[C-])cc2)/C(=C(/C#N)[N+]#[C-])c2cc3c(cc21)/C(=C(/C#N)[N+]#[C-])C(c1ccc(C#N)cc1)=C3C#N. The maximum atomic E-state index is 10.3. The molecular formula is C34H10N8. The number of nitriles is 4. The summed E-state index contributed by atoms with van der Waals surface area (Å²) in [6.07, 6.45) is 0. The zero-order chi connectivity index (χ0) is 30.0. The van der Waals surface area contributed by atoms with Crippen LogP contribution in [0.15, 0.2) is 72.1 Å². The lowest BCUT2D eigenvalue weighted by Crippen LogP contribution is -1.94. The molecule has 186 valence electrons. The zero-order valence-electron chi connectivity index (χ0n) is 21.4. The van der Waals surface area contributed by atoms with Crippen LogP contribution in [0.5, 0.6) is 0 Å². The van der Waals surface area contributed by atoms with Crippen LogP contribution in [-0.2, 0) is 0 Å². The maximum absolute atomic E-state index is 10.3. The second kappa shape index (κ2) is 10.4. The van der Waals surface area contributed by atoms with Gasteiger partial charge in [-0.25, -0.2) is 29.9 Å². The molecule has 0 aliphatic heterocycles. The Labute approximate surface area is 241 Å². The van der Waals surface area contributed by atoms with Crippen LogP contribution in [0, 0.1) is 71.6 Å². The highest BCUT2D eigenvalue weighted by molar-refractivity contribution is 6.29. The number of rotatable bonds is 2. The predicted molar refractivity (Wildman–Crippen MR) is 154 cm³/mol. The number of hydrogen-bond acceptors (Lipinski definition) is 4. The Bertz CT molecular complexity index is 2040. The van der Waals surface area contributed by atoms with Crippen molar-refractivity contribution in [1.29, 1.82) is 21.0 Å². The molecule has 0 amide bonds. The zero-order valence-corrected chi connectivity index (χ0v) is 21.4. The average Bonchev–Trinajstić information content (AvgIpc) is 3.53. The van der Waals surface area contributed by atoms with Crippen LogP contribution in [0.4, 0.5) is 5.69 Å². The highest BCUT2D eigenvalue weighted by Crippen LogP contribution is 2.55. The van der Waals surface area contributed by atoms with E-state index in [0.717, 1.165) is 0 Å². The molecule has 8 heteroatoms. The number of benzene rings is 3. The lowest BCUT2D eigenvalue weighted by Gasteiger charge is -2.12. The van der Waals surface area contributed by atoms with Crippen LogP contribution in [0.2, 0.25) is 0 Å². The summed E-state index contributed by atoms with van der Waals surface area (Å²) < 4.78 is 0. The predicted octanol–water partition coefficient (Wildman–Crippen LogP) is 7.67. The third-order valence-corrected chi connectivity index (χ3v) is 6.93. The standard InChI is InChI=1S/C34H10N8/c1-39-22-11-9-21(10-12-22)31-33(29(18-38)41-3)25-13-23-24(14-26(25)34(31)42-4)32(28(17-37)40-2)30(27(23)16-36)20-7-5-19(15-35)6-8-20/h5-14H/b32-28+,33-29-. The summed E-state index contributed by atoms with van der Waals surface area (Å²) in [4.78, 5) is 14.0. The van der Waals surface area contributed by atoms with Crippen LogP contribution in [0.1, 0.15) is 38.9 Å². The summed E-state index contributed by atoms with van der Waals surface area (Å²) in [6.45, 7) is 30.7. The largest absolute Gasteiger partial charge is 0.270 e. The van der Waals surface area contributed by atoms with E-state index in [1.807, 2.05) is 18.2 Å². The van der Waals surface area contributed by atoms with Gasteiger partial charge in [0.15, 0.2) is 5.69 Å². The highest BCUT2D eigenvalue weighted by Gasteiger charge is 2.36. The fraction of sp³-hybridized carbons (Fsp3) is 0. The summed E-state index contributed by atoms with van der Waals surface area (Å²) in [6, 6.07) is 24.2. The van der Waals surface area contributed by atoms with Crippen molar-refractivity contribution in [3.8, 4) is 24.3 Å². The topological polar surface area (TPSA) is 113 Å². The second-order valence-corrected chi connectivity index (χ2v) is 8.88. The third-order valence-electron chi connectivity index (χ3n) is 6.93. The van der Waals surface area contributed by atoms with E-state index in [-0.39, 0.29) is 33.8 Å². The molecule has 0 atom stereocenters. The molecule has 3 aromatic rings. The minimum absolute atomic E-state index is 0.153. The van der Waals surface area contributed by atoms with E-state index in [1.54, 1.807) is 60.7 Å². The van der Waals surface area contributed by atoms with Crippen LogP contribution >= 0.6 is 0 Å². The van der Waals surface area contributed by atoms with E-state index in [9.17, 15) is 21.0 Å². The van der Waals surface area contributed by atoms with Gasteiger partial charge in [0.05, 0.1) is 55.6 Å². The molecule has 0 bridgehead atoms. The number of allylic oxidation sites excluding steroid dienone is 7. The average molecular weight is 531 g/mol. The molecular weight excluding hydrogens is 520 g/mol. The first-order valence-corrected chi connectivity index (χ1v) is 12.0. The molecule has 8 nitrogen and oxygen atoms in total. The van der Waals surface area contributed by atoms with Crippen LogP contribution in [0.3, 0.4) is 0 Å². The van der Waals surface area contributed by atoms with Crippen molar-refractivity contribution in [3.63, 3.8) is 0 Å². The van der Waals surface area contributed by atoms with Gasteiger partial charge in [0.1, 0.15) is 6.07 Å². The molecule has 0 N–H and O–H groups in total. The minimum Gasteiger partial charge on any atom is -0.238 e. The first kappa shape index (κ1) is 26.2. The van der Waals surface area contributed by atoms with Gasteiger partial charge in [-0.2, -0.15) is 10.5 Å². The Morgan fingerprint density at radius 1 is 0.571 bits per heavy atom. The van der Waals surface area contributed by atoms with Gasteiger partial charge in [-0.1, -0.05) is 42.5 Å². The molecule has 0 spiro atoms. The van der Waals surface area contributed by atoms with Crippen molar-refractivity contribution in [1.82, 2.24) is 0 Å². The summed E-state index contributed by atoms with van der Waals surface area (Å²) in [5.41, 5.74) is 4.34.